The highest BCUT2D eigenvalue weighted by Gasteiger charge is 2.24. The standard InChI is InChI=1S/C19H22N2O3S/c22-11-10-21(13-15-5-2-1-3-6-15)19(23)17-7-4-9-20-18(17)24-16-8-12-25-14-16/h1-7,9,16,22H,8,10-14H2. The molecule has 3 rings (SSSR count). The van der Waals surface area contributed by atoms with Crippen molar-refractivity contribution in [2.45, 2.75) is 19.1 Å². The van der Waals surface area contributed by atoms with Gasteiger partial charge >= 0.3 is 0 Å². The van der Waals surface area contributed by atoms with Gasteiger partial charge in [-0.1, -0.05) is 30.3 Å². The van der Waals surface area contributed by atoms with Crippen molar-refractivity contribution in [3.63, 3.8) is 0 Å². The molecule has 1 aromatic heterocycles. The normalized spacial score (nSPS) is 16.6. The first-order chi connectivity index (χ1) is 12.3. The number of carbonyl (C=O) groups excluding carboxylic acids is 1. The van der Waals surface area contributed by atoms with Gasteiger partial charge in [0, 0.05) is 25.0 Å². The average molecular weight is 358 g/mol. The highest BCUT2D eigenvalue weighted by Crippen LogP contribution is 2.25. The number of aromatic nitrogens is 1. The van der Waals surface area contributed by atoms with Crippen molar-refractivity contribution in [2.24, 2.45) is 0 Å². The van der Waals surface area contributed by atoms with Gasteiger partial charge < -0.3 is 14.7 Å². The zero-order chi connectivity index (χ0) is 17.5. The van der Waals surface area contributed by atoms with Crippen LogP contribution in [0.4, 0.5) is 0 Å². The van der Waals surface area contributed by atoms with E-state index in [1.807, 2.05) is 42.1 Å². The first-order valence-electron chi connectivity index (χ1n) is 8.41. The Morgan fingerprint density at radius 2 is 2.12 bits per heavy atom. The molecule has 0 aliphatic carbocycles. The summed E-state index contributed by atoms with van der Waals surface area (Å²) >= 11 is 1.85. The van der Waals surface area contributed by atoms with E-state index in [0.717, 1.165) is 23.5 Å². The minimum Gasteiger partial charge on any atom is -0.473 e. The van der Waals surface area contributed by atoms with Crippen LogP contribution in [-0.2, 0) is 6.54 Å². The lowest BCUT2D eigenvalue weighted by Crippen LogP contribution is -2.33. The van der Waals surface area contributed by atoms with Crippen LogP contribution < -0.4 is 4.74 Å². The molecule has 1 amide bonds. The summed E-state index contributed by atoms with van der Waals surface area (Å²) in [7, 11) is 0. The average Bonchev–Trinajstić information content (AvgIpc) is 3.15. The maximum absolute atomic E-state index is 13.0. The molecule has 1 aliphatic heterocycles. The number of carbonyl (C=O) groups is 1. The first kappa shape index (κ1) is 17.8. The molecule has 1 fully saturated rings. The van der Waals surface area contributed by atoms with Crippen molar-refractivity contribution in [2.75, 3.05) is 24.7 Å². The van der Waals surface area contributed by atoms with Gasteiger partial charge in [-0.15, -0.1) is 0 Å². The van der Waals surface area contributed by atoms with Crippen LogP contribution >= 0.6 is 11.8 Å². The second-order valence-electron chi connectivity index (χ2n) is 5.90. The molecule has 1 aromatic carbocycles. The van der Waals surface area contributed by atoms with E-state index in [-0.39, 0.29) is 25.2 Å². The molecule has 132 valence electrons. The number of hydrogen-bond donors (Lipinski definition) is 1. The van der Waals surface area contributed by atoms with E-state index >= 15 is 0 Å². The molecule has 1 saturated heterocycles. The van der Waals surface area contributed by atoms with E-state index in [2.05, 4.69) is 4.98 Å². The number of nitrogens with zero attached hydrogens (tertiary/aromatic N) is 2. The molecule has 0 saturated carbocycles. The van der Waals surface area contributed by atoms with E-state index in [0.29, 0.717) is 18.0 Å². The molecule has 2 heterocycles. The van der Waals surface area contributed by atoms with Crippen molar-refractivity contribution in [3.8, 4) is 5.88 Å². The third-order valence-electron chi connectivity index (χ3n) is 4.04. The van der Waals surface area contributed by atoms with Crippen molar-refractivity contribution < 1.29 is 14.6 Å². The molecular formula is C19H22N2O3S. The summed E-state index contributed by atoms with van der Waals surface area (Å²) in [5.41, 5.74) is 1.46. The number of benzene rings is 1. The first-order valence-corrected chi connectivity index (χ1v) is 9.57. The van der Waals surface area contributed by atoms with E-state index in [1.54, 1.807) is 23.2 Å². The summed E-state index contributed by atoms with van der Waals surface area (Å²) in [6.45, 7) is 0.615. The summed E-state index contributed by atoms with van der Waals surface area (Å²) in [4.78, 5) is 18.9. The fraction of sp³-hybridized carbons (Fsp3) is 0.368. The van der Waals surface area contributed by atoms with Crippen LogP contribution in [0, 0.1) is 0 Å². The van der Waals surface area contributed by atoms with Gasteiger partial charge in [0.15, 0.2) is 0 Å². The molecular weight excluding hydrogens is 336 g/mol. The van der Waals surface area contributed by atoms with Crippen LogP contribution in [0.3, 0.4) is 0 Å². The van der Waals surface area contributed by atoms with Gasteiger partial charge in [0.05, 0.1) is 6.61 Å². The quantitative estimate of drug-likeness (QED) is 0.824. The molecule has 2 aromatic rings. The number of aliphatic hydroxyl groups excluding tert-OH is 1. The molecule has 25 heavy (non-hydrogen) atoms. The number of ether oxygens (including phenoxy) is 1. The van der Waals surface area contributed by atoms with Crippen LogP contribution in [0.1, 0.15) is 22.3 Å². The maximum atomic E-state index is 13.0. The number of aliphatic hydroxyl groups is 1. The lowest BCUT2D eigenvalue weighted by Gasteiger charge is -2.23. The molecule has 5 nitrogen and oxygen atoms in total. The second kappa shape index (κ2) is 8.87. The third kappa shape index (κ3) is 4.74. The summed E-state index contributed by atoms with van der Waals surface area (Å²) < 4.78 is 5.96. The van der Waals surface area contributed by atoms with Crippen LogP contribution in [0.25, 0.3) is 0 Å². The molecule has 0 radical (unpaired) electrons. The Kier molecular flexibility index (Phi) is 6.30. The van der Waals surface area contributed by atoms with Crippen molar-refractivity contribution in [3.05, 3.63) is 59.8 Å². The Balaban J connectivity index is 1.79. The monoisotopic (exact) mass is 358 g/mol. The van der Waals surface area contributed by atoms with E-state index in [4.69, 9.17) is 4.74 Å². The lowest BCUT2D eigenvalue weighted by atomic mass is 10.1. The van der Waals surface area contributed by atoms with Gasteiger partial charge in [0.2, 0.25) is 5.88 Å². The SMILES string of the molecule is O=C(c1cccnc1OC1CCSC1)N(CCO)Cc1ccccc1. The minimum atomic E-state index is -0.174. The minimum absolute atomic E-state index is 0.0890. The highest BCUT2D eigenvalue weighted by atomic mass is 32.2. The molecule has 1 N–H and O–H groups in total. The summed E-state index contributed by atoms with van der Waals surface area (Å²) in [6, 6.07) is 13.2. The van der Waals surface area contributed by atoms with Gasteiger partial charge in [-0.2, -0.15) is 11.8 Å². The van der Waals surface area contributed by atoms with Crippen molar-refractivity contribution in [1.82, 2.24) is 9.88 Å². The zero-order valence-electron chi connectivity index (χ0n) is 14.0. The van der Waals surface area contributed by atoms with Crippen LogP contribution in [-0.4, -0.2) is 51.7 Å². The highest BCUT2D eigenvalue weighted by molar-refractivity contribution is 7.99. The van der Waals surface area contributed by atoms with Gasteiger partial charge in [0.25, 0.3) is 5.91 Å². The van der Waals surface area contributed by atoms with E-state index in [9.17, 15) is 9.90 Å². The maximum Gasteiger partial charge on any atom is 0.259 e. The second-order valence-corrected chi connectivity index (χ2v) is 7.05. The molecule has 6 heteroatoms. The number of pyridine rings is 1. The zero-order valence-corrected chi connectivity index (χ0v) is 14.8. The van der Waals surface area contributed by atoms with E-state index in [1.165, 1.54) is 0 Å². The Hall–Kier alpha value is -2.05. The van der Waals surface area contributed by atoms with Gasteiger partial charge in [-0.3, -0.25) is 4.79 Å². The van der Waals surface area contributed by atoms with Crippen LogP contribution in [0.2, 0.25) is 0 Å². The van der Waals surface area contributed by atoms with Gasteiger partial charge in [-0.25, -0.2) is 4.98 Å². The van der Waals surface area contributed by atoms with Crippen molar-refractivity contribution >= 4 is 17.7 Å². The summed E-state index contributed by atoms with van der Waals surface area (Å²) in [5.74, 6) is 2.21. The Morgan fingerprint density at radius 3 is 2.84 bits per heavy atom. The molecule has 1 aliphatic rings. The number of hydrogen-bond acceptors (Lipinski definition) is 5. The Bertz CT molecular complexity index is 690. The van der Waals surface area contributed by atoms with E-state index < -0.39 is 0 Å². The number of thioether (sulfide) groups is 1. The lowest BCUT2D eigenvalue weighted by molar-refractivity contribution is 0.0700. The van der Waals surface area contributed by atoms with Crippen LogP contribution in [0.5, 0.6) is 5.88 Å². The number of rotatable bonds is 7. The topological polar surface area (TPSA) is 62.7 Å². The summed E-state index contributed by atoms with van der Waals surface area (Å²) in [5, 5.41) is 9.37. The Morgan fingerprint density at radius 1 is 1.28 bits per heavy atom. The molecule has 0 bridgehead atoms. The third-order valence-corrected chi connectivity index (χ3v) is 5.17. The van der Waals surface area contributed by atoms with Gasteiger partial charge in [0.1, 0.15) is 11.7 Å². The molecule has 1 unspecified atom stereocenters. The predicted molar refractivity (Wildman–Crippen MR) is 98.9 cm³/mol. The fourth-order valence-electron chi connectivity index (χ4n) is 2.76. The predicted octanol–water partition coefficient (Wildman–Crippen LogP) is 2.60. The molecule has 0 spiro atoms. The smallest absolute Gasteiger partial charge is 0.259 e. The fourth-order valence-corrected chi connectivity index (χ4v) is 3.85. The largest absolute Gasteiger partial charge is 0.473 e. The van der Waals surface area contributed by atoms with Crippen molar-refractivity contribution in [1.29, 1.82) is 0 Å². The molecule has 1 atom stereocenters. The number of amides is 1. The Labute approximate surface area is 152 Å². The van der Waals surface area contributed by atoms with Crippen LogP contribution in [0.15, 0.2) is 48.7 Å². The van der Waals surface area contributed by atoms with Gasteiger partial charge in [-0.05, 0) is 29.9 Å². The summed E-state index contributed by atoms with van der Waals surface area (Å²) in [6.07, 6.45) is 2.72.